The van der Waals surface area contributed by atoms with E-state index < -0.39 is 0 Å². The van der Waals surface area contributed by atoms with Crippen LogP contribution < -0.4 is 5.56 Å². The van der Waals surface area contributed by atoms with Crippen molar-refractivity contribution >= 4 is 22.9 Å². The number of hydrogen-bond donors (Lipinski definition) is 2. The van der Waals surface area contributed by atoms with Crippen molar-refractivity contribution in [3.63, 3.8) is 0 Å². The fourth-order valence-electron chi connectivity index (χ4n) is 2.93. The molecule has 0 aliphatic carbocycles. The summed E-state index contributed by atoms with van der Waals surface area (Å²) in [4.78, 5) is 19.3. The van der Waals surface area contributed by atoms with Crippen LogP contribution in [0.2, 0.25) is 0 Å². The number of nitrogens with zero attached hydrogens (tertiary/aromatic N) is 1. The highest BCUT2D eigenvalue weighted by Gasteiger charge is 2.10. The largest absolute Gasteiger partial charge is 0.507 e. The maximum absolute atomic E-state index is 12.2. The first-order valence-corrected chi connectivity index (χ1v) is 7.43. The van der Waals surface area contributed by atoms with E-state index in [0.717, 1.165) is 22.3 Å². The lowest BCUT2D eigenvalue weighted by Gasteiger charge is -2.10. The number of H-pyrrole nitrogens is 1. The monoisotopic (exact) mass is 306 g/mol. The van der Waals surface area contributed by atoms with Crippen LogP contribution in [0.5, 0.6) is 0 Å². The summed E-state index contributed by atoms with van der Waals surface area (Å²) in [6, 6.07) is 11.3. The molecule has 4 heteroatoms. The van der Waals surface area contributed by atoms with Crippen LogP contribution in [-0.4, -0.2) is 15.1 Å². The van der Waals surface area contributed by atoms with Crippen molar-refractivity contribution < 1.29 is 5.11 Å². The molecular formula is C19H18N2O2. The maximum atomic E-state index is 12.2. The second-order valence-corrected chi connectivity index (χ2v) is 5.77. The maximum Gasteiger partial charge on any atom is 0.274 e. The highest BCUT2D eigenvalue weighted by atomic mass is 16.3. The Labute approximate surface area is 134 Å². The molecule has 3 aromatic rings. The number of benzene rings is 2. The Balaban J connectivity index is 2.15. The highest BCUT2D eigenvalue weighted by molar-refractivity contribution is 5.81. The lowest BCUT2D eigenvalue weighted by molar-refractivity contribution is 0.514. The SMILES string of the molecule is Cc1cc(C)c(/C(O)=C/c2nc3ccccc3[nH]c2=O)c(C)c1. The van der Waals surface area contributed by atoms with Crippen molar-refractivity contribution in [3.05, 3.63) is 74.7 Å². The van der Waals surface area contributed by atoms with E-state index in [1.807, 2.05) is 51.1 Å². The third-order valence-electron chi connectivity index (χ3n) is 3.83. The molecule has 0 aliphatic heterocycles. The van der Waals surface area contributed by atoms with Crippen LogP contribution in [0.3, 0.4) is 0 Å². The van der Waals surface area contributed by atoms with Gasteiger partial charge in [-0.25, -0.2) is 4.98 Å². The van der Waals surface area contributed by atoms with E-state index in [0.29, 0.717) is 11.0 Å². The van der Waals surface area contributed by atoms with Crippen LogP contribution in [0.1, 0.15) is 27.9 Å². The van der Waals surface area contributed by atoms with Gasteiger partial charge in [0.25, 0.3) is 5.56 Å². The van der Waals surface area contributed by atoms with E-state index in [2.05, 4.69) is 9.97 Å². The molecule has 1 heterocycles. The quantitative estimate of drug-likeness (QED) is 0.706. The molecule has 0 radical (unpaired) electrons. The van der Waals surface area contributed by atoms with E-state index in [-0.39, 0.29) is 17.0 Å². The summed E-state index contributed by atoms with van der Waals surface area (Å²) in [6.45, 7) is 5.90. The second-order valence-electron chi connectivity index (χ2n) is 5.77. The molecule has 23 heavy (non-hydrogen) atoms. The molecule has 0 bridgehead atoms. The Morgan fingerprint density at radius 1 is 1.13 bits per heavy atom. The molecule has 0 fully saturated rings. The zero-order valence-electron chi connectivity index (χ0n) is 13.3. The number of rotatable bonds is 2. The van der Waals surface area contributed by atoms with Gasteiger partial charge in [-0.3, -0.25) is 4.79 Å². The molecule has 0 unspecified atom stereocenters. The fraction of sp³-hybridized carbons (Fsp3) is 0.158. The molecule has 1 aromatic heterocycles. The van der Waals surface area contributed by atoms with Gasteiger partial charge >= 0.3 is 0 Å². The first kappa shape index (κ1) is 15.0. The number of para-hydroxylation sites is 2. The molecule has 0 aliphatic rings. The van der Waals surface area contributed by atoms with Gasteiger partial charge in [-0.1, -0.05) is 29.8 Å². The van der Waals surface area contributed by atoms with Gasteiger partial charge in [0.15, 0.2) is 0 Å². The number of fused-ring (bicyclic) bond motifs is 1. The predicted octanol–water partition coefficient (Wildman–Crippen LogP) is 3.90. The number of aromatic nitrogens is 2. The number of hydrogen-bond acceptors (Lipinski definition) is 3. The van der Waals surface area contributed by atoms with Crippen molar-refractivity contribution in [1.29, 1.82) is 0 Å². The Bertz CT molecular complexity index is 961. The fourth-order valence-corrected chi connectivity index (χ4v) is 2.93. The molecule has 4 nitrogen and oxygen atoms in total. The highest BCUT2D eigenvalue weighted by Crippen LogP contribution is 2.24. The minimum Gasteiger partial charge on any atom is -0.507 e. The van der Waals surface area contributed by atoms with Crippen LogP contribution in [0, 0.1) is 20.8 Å². The van der Waals surface area contributed by atoms with Gasteiger partial charge in [0.1, 0.15) is 11.5 Å². The van der Waals surface area contributed by atoms with E-state index in [9.17, 15) is 9.90 Å². The summed E-state index contributed by atoms with van der Waals surface area (Å²) in [6.07, 6.45) is 1.43. The summed E-state index contributed by atoms with van der Waals surface area (Å²) in [5.41, 5.74) is 5.05. The van der Waals surface area contributed by atoms with Crippen molar-refractivity contribution in [1.82, 2.24) is 9.97 Å². The van der Waals surface area contributed by atoms with Gasteiger partial charge in [-0.15, -0.1) is 0 Å². The molecule has 0 saturated heterocycles. The van der Waals surface area contributed by atoms with Crippen molar-refractivity contribution in [2.24, 2.45) is 0 Å². The number of aliphatic hydroxyl groups is 1. The van der Waals surface area contributed by atoms with Crippen LogP contribution in [0.4, 0.5) is 0 Å². The van der Waals surface area contributed by atoms with Gasteiger partial charge in [-0.2, -0.15) is 0 Å². The molecule has 2 aromatic carbocycles. The zero-order valence-corrected chi connectivity index (χ0v) is 13.3. The molecule has 0 atom stereocenters. The van der Waals surface area contributed by atoms with Gasteiger partial charge in [0.05, 0.1) is 11.0 Å². The normalized spacial score (nSPS) is 11.9. The predicted molar refractivity (Wildman–Crippen MR) is 93.5 cm³/mol. The summed E-state index contributed by atoms with van der Waals surface area (Å²) in [5.74, 6) is 0.0493. The molecule has 3 rings (SSSR count). The molecule has 116 valence electrons. The average molecular weight is 306 g/mol. The summed E-state index contributed by atoms with van der Waals surface area (Å²) < 4.78 is 0. The van der Waals surface area contributed by atoms with Gasteiger partial charge in [0, 0.05) is 11.6 Å². The van der Waals surface area contributed by atoms with E-state index in [1.54, 1.807) is 6.07 Å². The summed E-state index contributed by atoms with van der Waals surface area (Å²) in [7, 11) is 0. The van der Waals surface area contributed by atoms with Crippen LogP contribution >= 0.6 is 0 Å². The third-order valence-corrected chi connectivity index (χ3v) is 3.83. The zero-order chi connectivity index (χ0) is 16.6. The van der Waals surface area contributed by atoms with E-state index in [1.165, 1.54) is 6.08 Å². The lowest BCUT2D eigenvalue weighted by Crippen LogP contribution is -2.12. The third kappa shape index (κ3) is 2.88. The van der Waals surface area contributed by atoms with Gasteiger partial charge in [0.2, 0.25) is 0 Å². The molecule has 2 N–H and O–H groups in total. The van der Waals surface area contributed by atoms with Crippen molar-refractivity contribution in [2.45, 2.75) is 20.8 Å². The summed E-state index contributed by atoms with van der Waals surface area (Å²) in [5, 5.41) is 10.5. The Morgan fingerprint density at radius 3 is 2.48 bits per heavy atom. The minimum atomic E-state index is -0.322. The summed E-state index contributed by atoms with van der Waals surface area (Å²) >= 11 is 0. The van der Waals surface area contributed by atoms with Crippen LogP contribution in [0.15, 0.2) is 41.2 Å². The lowest BCUT2D eigenvalue weighted by atomic mass is 9.98. The number of aromatic amines is 1. The molecular weight excluding hydrogens is 288 g/mol. The molecule has 0 saturated carbocycles. The second kappa shape index (κ2) is 5.72. The van der Waals surface area contributed by atoms with E-state index in [4.69, 9.17) is 0 Å². The first-order chi connectivity index (χ1) is 11.0. The Kier molecular flexibility index (Phi) is 3.74. The molecule has 0 amide bonds. The number of aryl methyl sites for hydroxylation is 3. The Morgan fingerprint density at radius 2 is 1.78 bits per heavy atom. The number of aliphatic hydroxyl groups excluding tert-OH is 1. The van der Waals surface area contributed by atoms with E-state index >= 15 is 0 Å². The van der Waals surface area contributed by atoms with Crippen molar-refractivity contribution in [3.8, 4) is 0 Å². The van der Waals surface area contributed by atoms with Crippen molar-refractivity contribution in [2.75, 3.05) is 0 Å². The Hall–Kier alpha value is -2.88. The van der Waals surface area contributed by atoms with Gasteiger partial charge in [-0.05, 0) is 44.0 Å². The average Bonchev–Trinajstić information content (AvgIpc) is 2.47. The van der Waals surface area contributed by atoms with Crippen LogP contribution in [0.25, 0.3) is 22.9 Å². The van der Waals surface area contributed by atoms with Gasteiger partial charge < -0.3 is 10.1 Å². The molecule has 0 spiro atoms. The standard InChI is InChI=1S/C19H18N2O2/c1-11-8-12(2)18(13(3)9-11)17(22)10-16-19(23)21-15-7-5-4-6-14(15)20-16/h4-10,22H,1-3H3,(H,21,23)/b17-10-. The van der Waals surface area contributed by atoms with Crippen LogP contribution in [-0.2, 0) is 0 Å². The minimum absolute atomic E-state index is 0.0493. The smallest absolute Gasteiger partial charge is 0.274 e. The number of nitrogens with one attached hydrogen (secondary N) is 1. The first-order valence-electron chi connectivity index (χ1n) is 7.43. The topological polar surface area (TPSA) is 66.0 Å².